The average molecular weight is 372 g/mol. The number of sulfonamides is 1. The number of aromatic nitrogens is 2. The number of fused-ring (bicyclic) bond motifs is 1. The Morgan fingerprint density at radius 1 is 1.12 bits per heavy atom. The number of amides is 1. The highest BCUT2D eigenvalue weighted by molar-refractivity contribution is 7.89. The zero-order valence-corrected chi connectivity index (χ0v) is 15.2. The van der Waals surface area contributed by atoms with Crippen molar-refractivity contribution in [2.75, 3.05) is 24.7 Å². The molecule has 3 aromatic rings. The lowest BCUT2D eigenvalue weighted by Crippen LogP contribution is -2.37. The molecule has 1 amide bonds. The van der Waals surface area contributed by atoms with Gasteiger partial charge in [0.15, 0.2) is 0 Å². The second kappa shape index (κ2) is 7.67. The molecule has 3 rings (SSSR count). The van der Waals surface area contributed by atoms with Crippen LogP contribution in [-0.2, 0) is 21.4 Å². The Hall–Kier alpha value is -2.71. The third-order valence-electron chi connectivity index (χ3n) is 4.02. The van der Waals surface area contributed by atoms with Crippen LogP contribution in [0.4, 0.5) is 5.69 Å². The Balaban J connectivity index is 1.59. The molecule has 0 fully saturated rings. The van der Waals surface area contributed by atoms with Gasteiger partial charge in [-0.15, -0.1) is 0 Å². The summed E-state index contributed by atoms with van der Waals surface area (Å²) in [5, 5.41) is 2.68. The van der Waals surface area contributed by atoms with Crippen molar-refractivity contribution in [2.24, 2.45) is 0 Å². The second-order valence-electron chi connectivity index (χ2n) is 5.91. The van der Waals surface area contributed by atoms with Crippen LogP contribution >= 0.6 is 0 Å². The smallest absolute Gasteiger partial charge is 0.239 e. The molecule has 1 heterocycles. The number of para-hydroxylation sites is 3. The summed E-state index contributed by atoms with van der Waals surface area (Å²) in [6.45, 7) is 0.0371. The highest BCUT2D eigenvalue weighted by Gasteiger charge is 2.21. The van der Waals surface area contributed by atoms with Crippen LogP contribution in [0.25, 0.3) is 11.0 Å². The molecule has 1 aromatic heterocycles. The van der Waals surface area contributed by atoms with Crippen LogP contribution in [0.15, 0.2) is 60.9 Å². The summed E-state index contributed by atoms with van der Waals surface area (Å²) in [4.78, 5) is 16.3. The summed E-state index contributed by atoms with van der Waals surface area (Å²) < 4.78 is 27.8. The number of likely N-dealkylation sites (N-methyl/N-ethyl adjacent to an activating group) is 1. The molecule has 0 atom stereocenters. The number of imidazole rings is 1. The maximum Gasteiger partial charge on any atom is 0.239 e. The van der Waals surface area contributed by atoms with Crippen LogP contribution in [0.5, 0.6) is 0 Å². The van der Waals surface area contributed by atoms with Crippen molar-refractivity contribution in [2.45, 2.75) is 6.54 Å². The van der Waals surface area contributed by atoms with Gasteiger partial charge < -0.3 is 9.88 Å². The first-order valence-electron chi connectivity index (χ1n) is 8.14. The first-order valence-corrected chi connectivity index (χ1v) is 9.75. The molecule has 0 spiro atoms. The fraction of sp³-hybridized carbons (Fsp3) is 0.222. The number of aryl methyl sites for hydroxylation is 1. The summed E-state index contributed by atoms with van der Waals surface area (Å²) in [5.41, 5.74) is 2.33. The molecule has 136 valence electrons. The Bertz CT molecular complexity index is 999. The van der Waals surface area contributed by atoms with E-state index in [0.717, 1.165) is 15.3 Å². The third kappa shape index (κ3) is 4.27. The molecular formula is C18H20N4O3S. The number of carbonyl (C=O) groups excluding carboxylic acids is 1. The van der Waals surface area contributed by atoms with Crippen LogP contribution in [0.3, 0.4) is 0 Å². The van der Waals surface area contributed by atoms with E-state index in [-0.39, 0.29) is 24.7 Å². The van der Waals surface area contributed by atoms with Gasteiger partial charge in [0.05, 0.1) is 29.7 Å². The molecule has 0 aliphatic carbocycles. The van der Waals surface area contributed by atoms with Crippen molar-refractivity contribution in [3.8, 4) is 0 Å². The normalized spacial score (nSPS) is 11.8. The van der Waals surface area contributed by atoms with E-state index in [2.05, 4.69) is 10.3 Å². The Labute approximate surface area is 152 Å². The summed E-state index contributed by atoms with van der Waals surface area (Å²) >= 11 is 0. The van der Waals surface area contributed by atoms with E-state index in [1.54, 1.807) is 35.2 Å². The van der Waals surface area contributed by atoms with Crippen molar-refractivity contribution in [1.29, 1.82) is 0 Å². The van der Waals surface area contributed by atoms with Crippen LogP contribution < -0.4 is 5.32 Å². The summed E-state index contributed by atoms with van der Waals surface area (Å²) in [6.07, 6.45) is 1.63. The first-order chi connectivity index (χ1) is 12.5. The molecule has 7 nitrogen and oxygen atoms in total. The molecule has 26 heavy (non-hydrogen) atoms. The molecule has 8 heteroatoms. The van der Waals surface area contributed by atoms with E-state index in [0.29, 0.717) is 5.69 Å². The monoisotopic (exact) mass is 372 g/mol. The minimum atomic E-state index is -3.57. The van der Waals surface area contributed by atoms with Gasteiger partial charge in [-0.1, -0.05) is 30.3 Å². The van der Waals surface area contributed by atoms with E-state index >= 15 is 0 Å². The van der Waals surface area contributed by atoms with E-state index in [1.165, 1.54) is 7.05 Å². The first kappa shape index (κ1) is 18.1. The summed E-state index contributed by atoms with van der Waals surface area (Å²) in [5.74, 6) is -0.488. The molecule has 0 saturated heterocycles. The van der Waals surface area contributed by atoms with Crippen molar-refractivity contribution < 1.29 is 13.2 Å². The highest BCUT2D eigenvalue weighted by Crippen LogP contribution is 2.12. The second-order valence-corrected chi connectivity index (χ2v) is 8.11. The predicted molar refractivity (Wildman–Crippen MR) is 101 cm³/mol. The maximum atomic E-state index is 12.5. The molecule has 0 aliphatic heterocycles. The topological polar surface area (TPSA) is 84.3 Å². The number of benzene rings is 2. The van der Waals surface area contributed by atoms with Gasteiger partial charge >= 0.3 is 0 Å². The summed E-state index contributed by atoms with van der Waals surface area (Å²) in [6, 6.07) is 16.5. The lowest BCUT2D eigenvalue weighted by Gasteiger charge is -2.17. The average Bonchev–Trinajstić information content (AvgIpc) is 3.04. The quantitative estimate of drug-likeness (QED) is 0.687. The maximum absolute atomic E-state index is 12.5. The van der Waals surface area contributed by atoms with Crippen LogP contribution in [0.1, 0.15) is 0 Å². The van der Waals surface area contributed by atoms with E-state index in [1.807, 2.05) is 30.3 Å². The Kier molecular flexibility index (Phi) is 5.34. The van der Waals surface area contributed by atoms with Crippen molar-refractivity contribution in [1.82, 2.24) is 13.9 Å². The van der Waals surface area contributed by atoms with Gasteiger partial charge in [-0.2, -0.15) is 4.31 Å². The van der Waals surface area contributed by atoms with Crippen molar-refractivity contribution in [3.63, 3.8) is 0 Å². The predicted octanol–water partition coefficient (Wildman–Crippen LogP) is 1.94. The van der Waals surface area contributed by atoms with Gasteiger partial charge in [-0.25, -0.2) is 13.4 Å². The van der Waals surface area contributed by atoms with E-state index < -0.39 is 10.0 Å². The van der Waals surface area contributed by atoms with E-state index in [9.17, 15) is 13.2 Å². The lowest BCUT2D eigenvalue weighted by molar-refractivity contribution is -0.116. The van der Waals surface area contributed by atoms with Gasteiger partial charge in [0.25, 0.3) is 0 Å². The van der Waals surface area contributed by atoms with Crippen LogP contribution in [0.2, 0.25) is 0 Å². The van der Waals surface area contributed by atoms with Gasteiger partial charge in [-0.3, -0.25) is 4.79 Å². The minimum Gasteiger partial charge on any atom is -0.330 e. The molecule has 0 saturated carbocycles. The third-order valence-corrected chi connectivity index (χ3v) is 5.79. The zero-order valence-electron chi connectivity index (χ0n) is 14.4. The minimum absolute atomic E-state index is 0.109. The van der Waals surface area contributed by atoms with Crippen molar-refractivity contribution >= 4 is 32.7 Å². The highest BCUT2D eigenvalue weighted by atomic mass is 32.2. The molecule has 0 bridgehead atoms. The number of nitrogens with one attached hydrogen (secondary N) is 1. The van der Waals surface area contributed by atoms with E-state index in [4.69, 9.17) is 0 Å². The van der Waals surface area contributed by atoms with Crippen molar-refractivity contribution in [3.05, 3.63) is 60.9 Å². The number of nitrogens with zero attached hydrogens (tertiary/aromatic N) is 3. The fourth-order valence-corrected chi connectivity index (χ4v) is 3.63. The Morgan fingerprint density at radius 3 is 2.58 bits per heavy atom. The zero-order chi connectivity index (χ0) is 18.6. The Morgan fingerprint density at radius 2 is 1.81 bits per heavy atom. The molecule has 0 aliphatic rings. The van der Waals surface area contributed by atoms with Crippen LogP contribution in [-0.4, -0.2) is 47.5 Å². The summed E-state index contributed by atoms with van der Waals surface area (Å²) in [7, 11) is -2.16. The van der Waals surface area contributed by atoms with Crippen LogP contribution in [0, 0.1) is 0 Å². The molecular weight excluding hydrogens is 352 g/mol. The van der Waals surface area contributed by atoms with Gasteiger partial charge in [-0.05, 0) is 24.3 Å². The standard InChI is InChI=1S/C18H20N4O3S/c1-21(13-18(23)20-15-7-3-2-4-8-15)26(24,25)12-11-22-14-19-16-9-5-6-10-17(16)22/h2-10,14H,11-13H2,1H3,(H,20,23). The van der Waals surface area contributed by atoms with Gasteiger partial charge in [0.2, 0.25) is 15.9 Å². The number of anilines is 1. The fourth-order valence-electron chi connectivity index (χ4n) is 2.58. The molecule has 0 unspecified atom stereocenters. The van der Waals surface area contributed by atoms with Gasteiger partial charge in [0.1, 0.15) is 0 Å². The SMILES string of the molecule is CN(CC(=O)Nc1ccccc1)S(=O)(=O)CCn1cnc2ccccc21. The van der Waals surface area contributed by atoms with Gasteiger partial charge in [0, 0.05) is 19.3 Å². The molecule has 2 aromatic carbocycles. The molecule has 1 N–H and O–H groups in total. The lowest BCUT2D eigenvalue weighted by atomic mass is 10.3. The number of carbonyl (C=O) groups is 1. The number of hydrogen-bond donors (Lipinski definition) is 1. The number of hydrogen-bond acceptors (Lipinski definition) is 4. The number of rotatable bonds is 7. The molecule has 0 radical (unpaired) electrons. The largest absolute Gasteiger partial charge is 0.330 e.